The Kier molecular flexibility index (Phi) is 5.30. The fourth-order valence-corrected chi connectivity index (χ4v) is 3.87. The van der Waals surface area contributed by atoms with Crippen molar-refractivity contribution in [2.75, 3.05) is 31.1 Å². The zero-order chi connectivity index (χ0) is 18.0. The first-order chi connectivity index (χ1) is 11.9. The third-order valence-electron chi connectivity index (χ3n) is 5.86. The highest BCUT2D eigenvalue weighted by atomic mass is 16.2. The zero-order valence-corrected chi connectivity index (χ0v) is 16.2. The van der Waals surface area contributed by atoms with Gasteiger partial charge in [0, 0.05) is 43.6 Å². The van der Waals surface area contributed by atoms with Crippen molar-refractivity contribution in [2.45, 2.75) is 65.7 Å². The van der Waals surface area contributed by atoms with Crippen molar-refractivity contribution >= 4 is 11.7 Å². The number of carbonyl (C=O) groups excluding carboxylic acids is 1. The Labute approximate surface area is 151 Å². The fourth-order valence-electron chi connectivity index (χ4n) is 3.87. The lowest BCUT2D eigenvalue weighted by atomic mass is 9.86. The van der Waals surface area contributed by atoms with Gasteiger partial charge in [-0.25, -0.2) is 9.97 Å². The quantitative estimate of drug-likeness (QED) is 0.838. The molecule has 0 spiro atoms. The molecule has 3 heterocycles. The first-order valence-corrected chi connectivity index (χ1v) is 9.80. The Morgan fingerprint density at radius 3 is 2.60 bits per heavy atom. The Morgan fingerprint density at radius 1 is 1.20 bits per heavy atom. The van der Waals surface area contributed by atoms with E-state index in [1.807, 2.05) is 6.92 Å². The van der Waals surface area contributed by atoms with E-state index < -0.39 is 0 Å². The van der Waals surface area contributed by atoms with E-state index in [-0.39, 0.29) is 11.3 Å². The van der Waals surface area contributed by atoms with Gasteiger partial charge < -0.3 is 9.80 Å². The van der Waals surface area contributed by atoms with Crippen molar-refractivity contribution < 1.29 is 4.79 Å². The van der Waals surface area contributed by atoms with E-state index in [1.54, 1.807) is 0 Å². The zero-order valence-electron chi connectivity index (χ0n) is 16.2. The molecule has 1 amide bonds. The Bertz CT molecular complexity index is 622. The van der Waals surface area contributed by atoms with E-state index in [0.29, 0.717) is 5.92 Å². The number of hydrogen-bond donors (Lipinski definition) is 0. The van der Waals surface area contributed by atoms with Gasteiger partial charge in [-0.1, -0.05) is 20.8 Å². The molecule has 2 fully saturated rings. The van der Waals surface area contributed by atoms with Crippen LogP contribution in [0.15, 0.2) is 6.07 Å². The van der Waals surface area contributed by atoms with Gasteiger partial charge in [0.05, 0.1) is 5.69 Å². The summed E-state index contributed by atoms with van der Waals surface area (Å²) in [7, 11) is 0. The van der Waals surface area contributed by atoms with E-state index in [9.17, 15) is 4.79 Å². The molecule has 0 saturated carbocycles. The van der Waals surface area contributed by atoms with Crippen molar-refractivity contribution in [2.24, 2.45) is 5.41 Å². The number of piperidine rings is 1. The van der Waals surface area contributed by atoms with Crippen LogP contribution >= 0.6 is 0 Å². The highest BCUT2D eigenvalue weighted by molar-refractivity contribution is 5.82. The molecule has 2 aliphatic heterocycles. The number of anilines is 1. The topological polar surface area (TPSA) is 49.3 Å². The molecule has 1 atom stereocenters. The van der Waals surface area contributed by atoms with Crippen LogP contribution in [0.4, 0.5) is 5.82 Å². The van der Waals surface area contributed by atoms with E-state index in [0.717, 1.165) is 62.8 Å². The van der Waals surface area contributed by atoms with E-state index >= 15 is 0 Å². The molecule has 0 N–H and O–H groups in total. The summed E-state index contributed by atoms with van der Waals surface area (Å²) >= 11 is 0. The van der Waals surface area contributed by atoms with Gasteiger partial charge in [-0.05, 0) is 39.0 Å². The van der Waals surface area contributed by atoms with Crippen molar-refractivity contribution in [3.05, 3.63) is 17.6 Å². The molecule has 0 aromatic carbocycles. The molecule has 0 unspecified atom stereocenters. The number of aryl methyl sites for hydroxylation is 1. The van der Waals surface area contributed by atoms with Crippen LogP contribution < -0.4 is 4.90 Å². The van der Waals surface area contributed by atoms with E-state index in [1.165, 1.54) is 12.8 Å². The molecular weight excluding hydrogens is 312 g/mol. The fraction of sp³-hybridized carbons (Fsp3) is 0.750. The molecule has 5 heteroatoms. The molecule has 5 nitrogen and oxygen atoms in total. The molecule has 138 valence electrons. The van der Waals surface area contributed by atoms with Crippen molar-refractivity contribution in [1.29, 1.82) is 0 Å². The van der Waals surface area contributed by atoms with Gasteiger partial charge in [-0.3, -0.25) is 4.79 Å². The van der Waals surface area contributed by atoms with Crippen LogP contribution in [0.25, 0.3) is 0 Å². The summed E-state index contributed by atoms with van der Waals surface area (Å²) in [4.78, 5) is 26.7. The monoisotopic (exact) mass is 344 g/mol. The summed E-state index contributed by atoms with van der Waals surface area (Å²) in [5, 5.41) is 0. The number of nitrogens with zero attached hydrogens (tertiary/aromatic N) is 4. The average molecular weight is 345 g/mol. The van der Waals surface area contributed by atoms with Crippen molar-refractivity contribution in [3.63, 3.8) is 0 Å². The normalized spacial score (nSPS) is 21.7. The summed E-state index contributed by atoms with van der Waals surface area (Å²) < 4.78 is 0. The van der Waals surface area contributed by atoms with Gasteiger partial charge in [-0.15, -0.1) is 0 Å². The lowest BCUT2D eigenvalue weighted by Crippen LogP contribution is -2.45. The second kappa shape index (κ2) is 7.30. The highest BCUT2D eigenvalue weighted by Crippen LogP contribution is 2.31. The molecule has 0 aliphatic carbocycles. The van der Waals surface area contributed by atoms with Gasteiger partial charge in [0.25, 0.3) is 0 Å². The van der Waals surface area contributed by atoms with Gasteiger partial charge in [0.15, 0.2) is 0 Å². The lowest BCUT2D eigenvalue weighted by Gasteiger charge is -2.37. The third kappa shape index (κ3) is 3.96. The maximum atomic E-state index is 12.9. The summed E-state index contributed by atoms with van der Waals surface area (Å²) in [6.07, 6.45) is 5.52. The number of likely N-dealkylation sites (tertiary alicyclic amines) is 1. The number of aromatic nitrogens is 2. The number of carbonyl (C=O) groups is 1. The van der Waals surface area contributed by atoms with Crippen molar-refractivity contribution in [3.8, 4) is 0 Å². The summed E-state index contributed by atoms with van der Waals surface area (Å²) in [6, 6.07) is 2.17. The Balaban J connectivity index is 1.78. The first-order valence-electron chi connectivity index (χ1n) is 9.80. The summed E-state index contributed by atoms with van der Waals surface area (Å²) in [5.74, 6) is 2.52. The minimum Gasteiger partial charge on any atom is -0.357 e. The molecule has 1 aromatic rings. The lowest BCUT2D eigenvalue weighted by molar-refractivity contribution is -0.141. The molecular formula is C20H32N4O. The maximum absolute atomic E-state index is 12.9. The van der Waals surface area contributed by atoms with Gasteiger partial charge in [0.1, 0.15) is 11.6 Å². The number of rotatable bonds is 4. The number of amides is 1. The largest absolute Gasteiger partial charge is 0.357 e. The molecule has 0 radical (unpaired) electrons. The second-order valence-corrected chi connectivity index (χ2v) is 8.22. The molecule has 2 saturated heterocycles. The predicted molar refractivity (Wildman–Crippen MR) is 101 cm³/mol. The van der Waals surface area contributed by atoms with Gasteiger partial charge in [0.2, 0.25) is 5.91 Å². The Morgan fingerprint density at radius 2 is 1.92 bits per heavy atom. The van der Waals surface area contributed by atoms with Crippen LogP contribution in [0.5, 0.6) is 0 Å². The van der Waals surface area contributed by atoms with Crippen LogP contribution in [-0.2, 0) is 4.79 Å². The van der Waals surface area contributed by atoms with Crippen molar-refractivity contribution in [1.82, 2.24) is 14.9 Å². The van der Waals surface area contributed by atoms with Gasteiger partial charge >= 0.3 is 0 Å². The van der Waals surface area contributed by atoms with Crippen LogP contribution in [0.1, 0.15) is 70.3 Å². The first kappa shape index (κ1) is 18.2. The van der Waals surface area contributed by atoms with Gasteiger partial charge in [-0.2, -0.15) is 0 Å². The molecule has 1 aromatic heterocycles. The average Bonchev–Trinajstić information content (AvgIpc) is 3.15. The smallest absolute Gasteiger partial charge is 0.228 e. The maximum Gasteiger partial charge on any atom is 0.228 e. The van der Waals surface area contributed by atoms with E-state index in [4.69, 9.17) is 4.98 Å². The molecule has 3 rings (SSSR count). The molecule has 25 heavy (non-hydrogen) atoms. The molecule has 2 aliphatic rings. The number of hydrogen-bond acceptors (Lipinski definition) is 4. The SMILES string of the molecule is CCC(C)(C)C(=O)N1CCC[C@@H](c2cc(N3CCCC3)nc(C)n2)C1. The Hall–Kier alpha value is -1.65. The van der Waals surface area contributed by atoms with Crippen LogP contribution in [0.3, 0.4) is 0 Å². The van der Waals surface area contributed by atoms with Crippen LogP contribution in [-0.4, -0.2) is 47.0 Å². The minimum atomic E-state index is -0.274. The van der Waals surface area contributed by atoms with E-state index in [2.05, 4.69) is 41.6 Å². The molecule has 0 bridgehead atoms. The van der Waals surface area contributed by atoms with Crippen LogP contribution in [0.2, 0.25) is 0 Å². The minimum absolute atomic E-state index is 0.274. The highest BCUT2D eigenvalue weighted by Gasteiger charge is 2.34. The summed E-state index contributed by atoms with van der Waals surface area (Å²) in [6.45, 7) is 12.0. The summed E-state index contributed by atoms with van der Waals surface area (Å²) in [5.41, 5.74) is 0.839. The standard InChI is InChI=1S/C20H32N4O/c1-5-20(3,4)19(25)24-12-8-9-16(14-24)17-13-18(22-15(2)21-17)23-10-6-7-11-23/h13,16H,5-12,14H2,1-4H3/t16-/m1/s1. The second-order valence-electron chi connectivity index (χ2n) is 8.22. The van der Waals surface area contributed by atoms with Crippen LogP contribution in [0, 0.1) is 12.3 Å². The third-order valence-corrected chi connectivity index (χ3v) is 5.86. The predicted octanol–water partition coefficient (Wildman–Crippen LogP) is 3.53.